The lowest BCUT2D eigenvalue weighted by molar-refractivity contribution is -0.394. The summed E-state index contributed by atoms with van der Waals surface area (Å²) in [5, 5.41) is 74.7. The minimum absolute atomic E-state index is 0.194. The van der Waals surface area contributed by atoms with E-state index in [9.17, 15) is 58.8 Å². The van der Waals surface area contributed by atoms with Gasteiger partial charge in [-0.05, 0) is 48.9 Å². The van der Waals surface area contributed by atoms with Gasteiger partial charge < -0.3 is 15.9 Å². The fourth-order valence-electron chi connectivity index (χ4n) is 3.31. The van der Waals surface area contributed by atoms with Crippen molar-refractivity contribution in [3.8, 4) is 12.1 Å². The van der Waals surface area contributed by atoms with Crippen LogP contribution >= 0.6 is 0 Å². The smallest absolute Gasteiger partial charge is 0.338 e. The van der Waals surface area contributed by atoms with E-state index in [1.54, 1.807) is 31.2 Å². The third kappa shape index (κ3) is 11.8. The number of hydrogen-bond acceptors (Lipinski definition) is 13. The predicted octanol–water partition coefficient (Wildman–Crippen LogP) is 5.69. The molecule has 0 aromatic heterocycles. The Labute approximate surface area is 276 Å². The van der Waals surface area contributed by atoms with Crippen molar-refractivity contribution in [3.05, 3.63) is 153 Å². The van der Waals surface area contributed by atoms with Crippen LogP contribution in [0.3, 0.4) is 0 Å². The van der Waals surface area contributed by atoms with Gasteiger partial charge in [0.05, 0.1) is 54.6 Å². The van der Waals surface area contributed by atoms with Gasteiger partial charge in [0.2, 0.25) is 0 Å². The summed E-state index contributed by atoms with van der Waals surface area (Å²) in [4.78, 5) is 58.6. The summed E-state index contributed by atoms with van der Waals surface area (Å²) < 4.78 is 25.5. The van der Waals surface area contributed by atoms with Crippen LogP contribution in [0, 0.1) is 81.7 Å². The fourth-order valence-corrected chi connectivity index (χ4v) is 3.31. The summed E-state index contributed by atoms with van der Waals surface area (Å²) >= 11 is 0. The molecule has 0 aliphatic rings. The number of halogens is 2. The lowest BCUT2D eigenvalue weighted by Gasteiger charge is -2.00. The van der Waals surface area contributed by atoms with Gasteiger partial charge in [-0.25, -0.2) is 18.4 Å². The number of nitrogens with two attached hydrogens (primary N) is 1. The van der Waals surface area contributed by atoms with Crippen LogP contribution in [-0.2, 0) is 0 Å². The van der Waals surface area contributed by atoms with Gasteiger partial charge in [0.15, 0.2) is 0 Å². The van der Waals surface area contributed by atoms with Crippen molar-refractivity contribution in [2.24, 2.45) is 0 Å². The maximum Gasteiger partial charge on any atom is 0.338 e. The first kappa shape index (κ1) is 40.1. The Morgan fingerprint density at radius 3 is 1.44 bits per heavy atom. The van der Waals surface area contributed by atoms with Gasteiger partial charge in [-0.2, -0.15) is 10.5 Å². The zero-order valence-electron chi connectivity index (χ0n) is 24.9. The number of anilines is 1. The van der Waals surface area contributed by atoms with Crippen LogP contribution in [0.1, 0.15) is 37.4 Å². The quantitative estimate of drug-likeness (QED) is 0.124. The second-order valence-electron chi connectivity index (χ2n) is 8.97. The molecule has 0 spiro atoms. The Hall–Kier alpha value is -7.94. The van der Waals surface area contributed by atoms with Crippen LogP contribution < -0.4 is 5.73 Å². The number of nitriles is 2. The zero-order valence-corrected chi connectivity index (χ0v) is 24.9. The Kier molecular flexibility index (Phi) is 14.6. The minimum atomic E-state index is -1.45. The highest BCUT2D eigenvalue weighted by Crippen LogP contribution is 2.23. The van der Waals surface area contributed by atoms with Crippen molar-refractivity contribution in [2.45, 2.75) is 6.92 Å². The molecule has 0 heterocycles. The Balaban J connectivity index is 0.000000335. The van der Waals surface area contributed by atoms with Crippen LogP contribution in [-0.4, -0.2) is 41.8 Å². The molecule has 0 amide bonds. The number of hydrogen-bond donors (Lipinski definition) is 3. The number of rotatable bonds is 6. The van der Waals surface area contributed by atoms with Crippen molar-refractivity contribution in [1.82, 2.24) is 0 Å². The number of nitro groups is 4. The first-order chi connectivity index (χ1) is 23.3. The van der Waals surface area contributed by atoms with Gasteiger partial charge in [-0.15, -0.1) is 0 Å². The van der Waals surface area contributed by atoms with E-state index in [4.69, 9.17) is 26.5 Å². The standard InChI is InChI=1S/C8H9NO2.C7H3FN2O2.C7H4FNO4.C7H3N3O4/c1-5-4-6(9)2-3-7(5)8(10)11;8-7-3-6(10(11)12)2-1-5(7)4-9;8-6-3-4(9(12)13)1-2-5(6)7(10)11;8-4-5-1-2-6(9(11)12)3-7(5)10(13)14/h2-4H,9H2,1H3,(H,10,11);1-3H;1-3H,(H,10,11);1-3H/i;2*8-1;. The van der Waals surface area contributed by atoms with Gasteiger partial charge in [-0.1, -0.05) is 0 Å². The SMILES string of the molecule is Cc1cc(N)ccc1C(=O)O.N#Cc1ccc([N+](=O)[O-])cc1[18F].N#Cc1ccc([N+](=O)[O-])cc1[N+](=O)[O-].O=C(O)c1ccc([N+](=O)[O-])cc1[18F]. The Morgan fingerprint density at radius 2 is 1.06 bits per heavy atom. The van der Waals surface area contributed by atoms with Gasteiger partial charge in [-0.3, -0.25) is 40.5 Å². The molecule has 0 unspecified atom stereocenters. The highest BCUT2D eigenvalue weighted by molar-refractivity contribution is 5.89. The molecule has 0 saturated carbocycles. The van der Waals surface area contributed by atoms with Gasteiger partial charge in [0.25, 0.3) is 22.7 Å². The Bertz CT molecular complexity index is 2080. The fraction of sp³-hybridized carbons (Fsp3) is 0.0345. The number of nitrogens with zero attached hydrogens (tertiary/aromatic N) is 6. The molecule has 4 aromatic rings. The van der Waals surface area contributed by atoms with E-state index in [0.717, 1.165) is 48.5 Å². The lowest BCUT2D eigenvalue weighted by atomic mass is 10.1. The molecule has 0 saturated heterocycles. The lowest BCUT2D eigenvalue weighted by Crippen LogP contribution is -2.01. The molecule has 4 N–H and O–H groups in total. The van der Waals surface area contributed by atoms with E-state index in [-0.39, 0.29) is 16.8 Å². The molecule has 0 radical (unpaired) electrons. The monoisotopic (exact) mass is 693 g/mol. The number of nitrogen functional groups attached to an aromatic ring is 1. The van der Waals surface area contributed by atoms with Crippen molar-refractivity contribution < 1.29 is 48.3 Å². The summed E-state index contributed by atoms with van der Waals surface area (Å²) in [5.74, 6) is -4.34. The zero-order chi connectivity index (χ0) is 38.3. The highest BCUT2D eigenvalue weighted by Gasteiger charge is 2.19. The van der Waals surface area contributed by atoms with Gasteiger partial charge >= 0.3 is 11.9 Å². The molecular weight excluding hydrogens is 674 g/mol. The van der Waals surface area contributed by atoms with Gasteiger partial charge in [0, 0.05) is 23.9 Å². The van der Waals surface area contributed by atoms with Crippen LogP contribution in [0.2, 0.25) is 0 Å². The van der Waals surface area contributed by atoms with E-state index in [0.29, 0.717) is 22.9 Å². The molecule has 19 nitrogen and oxygen atoms in total. The number of carboxylic acids is 2. The molecule has 0 bridgehead atoms. The molecule has 4 aromatic carbocycles. The van der Waals surface area contributed by atoms with E-state index in [2.05, 4.69) is 0 Å². The first-order valence-electron chi connectivity index (χ1n) is 12.8. The average Bonchev–Trinajstić information content (AvgIpc) is 3.04. The predicted molar refractivity (Wildman–Crippen MR) is 165 cm³/mol. The van der Waals surface area contributed by atoms with Crippen molar-refractivity contribution in [3.63, 3.8) is 0 Å². The van der Waals surface area contributed by atoms with Crippen molar-refractivity contribution in [1.29, 1.82) is 10.5 Å². The maximum absolute atomic E-state index is 12.8. The molecule has 4 rings (SSSR count). The summed E-state index contributed by atoms with van der Waals surface area (Å²) in [5.41, 5.74) is 4.27. The number of benzene rings is 4. The summed E-state index contributed by atoms with van der Waals surface area (Å²) in [7, 11) is 0. The third-order valence-corrected chi connectivity index (χ3v) is 5.67. The first-order valence-corrected chi connectivity index (χ1v) is 12.8. The number of carboxylic acid groups (broad SMARTS) is 2. The van der Waals surface area contributed by atoms with E-state index in [1.165, 1.54) is 6.07 Å². The topological polar surface area (TPSA) is 321 Å². The van der Waals surface area contributed by atoms with E-state index in [1.807, 2.05) is 0 Å². The van der Waals surface area contributed by atoms with Crippen LogP contribution in [0.15, 0.2) is 72.8 Å². The average molecular weight is 694 g/mol. The number of nitro benzene ring substituents is 4. The number of aryl methyl sites for hydroxylation is 1. The normalized spacial score (nSPS) is 9.30. The summed E-state index contributed by atoms with van der Waals surface area (Å²) in [6.07, 6.45) is 0. The highest BCUT2D eigenvalue weighted by atomic mass is 18.2. The molecular formula is C29H19F2N7O12. The number of carbonyl (C=O) groups is 2. The third-order valence-electron chi connectivity index (χ3n) is 5.67. The van der Waals surface area contributed by atoms with Crippen LogP contribution in [0.5, 0.6) is 0 Å². The second-order valence-corrected chi connectivity index (χ2v) is 8.97. The van der Waals surface area contributed by atoms with Crippen molar-refractivity contribution in [2.75, 3.05) is 5.73 Å². The van der Waals surface area contributed by atoms with Crippen LogP contribution in [0.25, 0.3) is 0 Å². The van der Waals surface area contributed by atoms with Crippen LogP contribution in [0.4, 0.5) is 37.2 Å². The second kappa shape index (κ2) is 18.3. The minimum Gasteiger partial charge on any atom is -0.478 e. The van der Waals surface area contributed by atoms with Crippen molar-refractivity contribution >= 4 is 40.4 Å². The molecule has 0 fully saturated rings. The molecule has 0 aliphatic heterocycles. The van der Waals surface area contributed by atoms with E-state index < -0.39 is 65.9 Å². The number of aromatic carboxylic acids is 2. The van der Waals surface area contributed by atoms with E-state index >= 15 is 0 Å². The molecule has 50 heavy (non-hydrogen) atoms. The van der Waals surface area contributed by atoms with Gasteiger partial charge in [0.1, 0.15) is 29.3 Å². The number of non-ortho nitro benzene ring substituents is 3. The molecule has 256 valence electrons. The molecule has 0 atom stereocenters. The molecule has 0 aliphatic carbocycles. The summed E-state index contributed by atoms with van der Waals surface area (Å²) in [6.45, 7) is 1.72. The molecule has 21 heteroatoms. The summed E-state index contributed by atoms with van der Waals surface area (Å²) in [6, 6.07) is 16.0. The maximum atomic E-state index is 12.8. The Morgan fingerprint density at radius 1 is 0.640 bits per heavy atom. The largest absolute Gasteiger partial charge is 0.478 e.